The number of nitrogens with one attached hydrogen (secondary N) is 1. The fraction of sp³-hybridized carbons (Fsp3) is 0.833. The second-order valence-corrected chi connectivity index (χ2v) is 5.97. The maximum absolute atomic E-state index is 5.98. The molecule has 2 atom stereocenters. The fourth-order valence-corrected chi connectivity index (χ4v) is 3.76. The van der Waals surface area contributed by atoms with Crippen molar-refractivity contribution < 1.29 is 4.74 Å². The number of hydrogen-bond acceptors (Lipinski definition) is 3. The summed E-state index contributed by atoms with van der Waals surface area (Å²) in [5.41, 5.74) is 1.42. The van der Waals surface area contributed by atoms with Gasteiger partial charge in [-0.05, 0) is 31.9 Å². The van der Waals surface area contributed by atoms with Gasteiger partial charge in [-0.1, -0.05) is 12.2 Å². The predicted molar refractivity (Wildman–Crippen MR) is 66.5 cm³/mol. The third-order valence-corrected chi connectivity index (χ3v) is 4.48. The van der Waals surface area contributed by atoms with E-state index in [-0.39, 0.29) is 5.60 Å². The Morgan fingerprint density at radius 2 is 2.53 bits per heavy atom. The Bertz CT molecular complexity index is 236. The molecule has 0 saturated carbocycles. The summed E-state index contributed by atoms with van der Waals surface area (Å²) in [7, 11) is 0. The van der Waals surface area contributed by atoms with Gasteiger partial charge in [0.05, 0.1) is 5.60 Å². The zero-order valence-corrected chi connectivity index (χ0v) is 10.4. The Morgan fingerprint density at radius 1 is 1.67 bits per heavy atom. The summed E-state index contributed by atoms with van der Waals surface area (Å²) >= 11 is 2.04. The van der Waals surface area contributed by atoms with Gasteiger partial charge in [-0.25, -0.2) is 0 Å². The quantitative estimate of drug-likeness (QED) is 0.747. The van der Waals surface area contributed by atoms with E-state index in [2.05, 4.69) is 18.8 Å². The van der Waals surface area contributed by atoms with Crippen molar-refractivity contribution in [2.75, 3.05) is 24.7 Å². The molecule has 0 aromatic carbocycles. The first-order valence-corrected chi connectivity index (χ1v) is 6.95. The van der Waals surface area contributed by atoms with Crippen LogP contribution < -0.4 is 5.32 Å². The van der Waals surface area contributed by atoms with Crippen LogP contribution in [0.5, 0.6) is 0 Å². The number of rotatable bonds is 3. The van der Waals surface area contributed by atoms with Gasteiger partial charge in [-0.3, -0.25) is 0 Å². The fourth-order valence-electron chi connectivity index (χ4n) is 2.38. The molecular formula is C12H21NOS. The maximum atomic E-state index is 5.98. The molecule has 2 unspecified atom stereocenters. The van der Waals surface area contributed by atoms with E-state index in [0.717, 1.165) is 19.6 Å². The Kier molecular flexibility index (Phi) is 3.75. The first kappa shape index (κ1) is 11.5. The Balaban J connectivity index is 1.84. The minimum atomic E-state index is 0.204. The van der Waals surface area contributed by atoms with Gasteiger partial charge in [0.2, 0.25) is 0 Å². The zero-order chi connectivity index (χ0) is 10.7. The lowest BCUT2D eigenvalue weighted by Gasteiger charge is -2.38. The van der Waals surface area contributed by atoms with Crippen LogP contribution in [-0.4, -0.2) is 36.3 Å². The normalized spacial score (nSPS) is 35.9. The lowest BCUT2D eigenvalue weighted by Crippen LogP contribution is -2.47. The third-order valence-electron chi connectivity index (χ3n) is 3.25. The molecule has 2 saturated heterocycles. The van der Waals surface area contributed by atoms with E-state index in [1.807, 2.05) is 11.8 Å². The molecule has 0 amide bonds. The highest BCUT2D eigenvalue weighted by Crippen LogP contribution is 2.38. The van der Waals surface area contributed by atoms with Crippen molar-refractivity contribution >= 4 is 11.8 Å². The third kappa shape index (κ3) is 2.99. The summed E-state index contributed by atoms with van der Waals surface area (Å²) in [5, 5.41) is 3.58. The van der Waals surface area contributed by atoms with E-state index in [4.69, 9.17) is 4.74 Å². The summed E-state index contributed by atoms with van der Waals surface area (Å²) in [6, 6.07) is 0.633. The molecule has 0 aliphatic carbocycles. The topological polar surface area (TPSA) is 21.3 Å². The molecule has 0 aromatic heterocycles. The summed E-state index contributed by atoms with van der Waals surface area (Å²) in [4.78, 5) is 0. The van der Waals surface area contributed by atoms with E-state index in [1.54, 1.807) is 0 Å². The van der Waals surface area contributed by atoms with Crippen molar-refractivity contribution in [1.29, 1.82) is 0 Å². The molecule has 2 fully saturated rings. The summed E-state index contributed by atoms with van der Waals surface area (Å²) in [6.07, 6.45) is 3.58. The van der Waals surface area contributed by atoms with E-state index >= 15 is 0 Å². The monoisotopic (exact) mass is 227 g/mol. The first-order valence-electron chi connectivity index (χ1n) is 5.80. The summed E-state index contributed by atoms with van der Waals surface area (Å²) in [6.45, 7) is 7.88. The highest BCUT2D eigenvalue weighted by atomic mass is 32.2. The smallest absolute Gasteiger partial charge is 0.0795 e. The average Bonchev–Trinajstić information content (AvgIpc) is 2.63. The molecule has 2 aliphatic rings. The highest BCUT2D eigenvalue weighted by molar-refractivity contribution is 7.99. The average molecular weight is 227 g/mol. The molecule has 1 spiro atoms. The van der Waals surface area contributed by atoms with E-state index in [1.165, 1.54) is 29.9 Å². The Labute approximate surface area is 96.8 Å². The van der Waals surface area contributed by atoms with Crippen molar-refractivity contribution in [1.82, 2.24) is 5.32 Å². The molecular weight excluding hydrogens is 206 g/mol. The number of ether oxygens (including phenoxy) is 1. The van der Waals surface area contributed by atoms with Crippen molar-refractivity contribution in [3.8, 4) is 0 Å². The van der Waals surface area contributed by atoms with Crippen LogP contribution >= 0.6 is 11.8 Å². The van der Waals surface area contributed by atoms with Gasteiger partial charge < -0.3 is 10.1 Å². The largest absolute Gasteiger partial charge is 0.374 e. The molecule has 1 N–H and O–H groups in total. The van der Waals surface area contributed by atoms with Crippen molar-refractivity contribution in [2.24, 2.45) is 0 Å². The number of hydrogen-bond donors (Lipinski definition) is 1. The van der Waals surface area contributed by atoms with Crippen LogP contribution in [0.15, 0.2) is 12.2 Å². The van der Waals surface area contributed by atoms with Gasteiger partial charge in [0.1, 0.15) is 0 Å². The molecule has 0 bridgehead atoms. The first-order chi connectivity index (χ1) is 7.20. The van der Waals surface area contributed by atoms with Gasteiger partial charge in [0.15, 0.2) is 0 Å². The lowest BCUT2D eigenvalue weighted by atomic mass is 9.90. The van der Waals surface area contributed by atoms with Crippen LogP contribution in [0, 0.1) is 0 Å². The van der Waals surface area contributed by atoms with Crippen LogP contribution in [0.2, 0.25) is 0 Å². The van der Waals surface area contributed by atoms with Gasteiger partial charge >= 0.3 is 0 Å². The van der Waals surface area contributed by atoms with Gasteiger partial charge in [0.25, 0.3) is 0 Å². The zero-order valence-electron chi connectivity index (χ0n) is 9.55. The predicted octanol–water partition coefficient (Wildman–Crippen LogP) is 2.21. The SMILES string of the molecule is C=C(C)CNC1CCOC2(CCSC2)C1. The summed E-state index contributed by atoms with van der Waals surface area (Å²) < 4.78 is 5.98. The van der Waals surface area contributed by atoms with Crippen LogP contribution in [0.1, 0.15) is 26.2 Å². The minimum Gasteiger partial charge on any atom is -0.374 e. The van der Waals surface area contributed by atoms with Crippen LogP contribution in [0.25, 0.3) is 0 Å². The lowest BCUT2D eigenvalue weighted by molar-refractivity contribution is -0.0697. The second kappa shape index (κ2) is 4.89. The van der Waals surface area contributed by atoms with E-state index < -0.39 is 0 Å². The van der Waals surface area contributed by atoms with Gasteiger partial charge in [-0.15, -0.1) is 0 Å². The molecule has 15 heavy (non-hydrogen) atoms. The van der Waals surface area contributed by atoms with E-state index in [0.29, 0.717) is 6.04 Å². The molecule has 2 heterocycles. The maximum Gasteiger partial charge on any atom is 0.0795 e. The molecule has 2 rings (SSSR count). The van der Waals surface area contributed by atoms with Crippen molar-refractivity contribution in [3.05, 3.63) is 12.2 Å². The van der Waals surface area contributed by atoms with Crippen LogP contribution in [0.4, 0.5) is 0 Å². The van der Waals surface area contributed by atoms with Gasteiger partial charge in [-0.2, -0.15) is 11.8 Å². The summed E-state index contributed by atoms with van der Waals surface area (Å²) in [5.74, 6) is 2.46. The molecule has 86 valence electrons. The van der Waals surface area contributed by atoms with Crippen LogP contribution in [0.3, 0.4) is 0 Å². The molecule has 0 aromatic rings. The molecule has 2 aliphatic heterocycles. The highest BCUT2D eigenvalue weighted by Gasteiger charge is 2.40. The number of thioether (sulfide) groups is 1. The molecule has 2 nitrogen and oxygen atoms in total. The van der Waals surface area contributed by atoms with Crippen LogP contribution in [-0.2, 0) is 4.74 Å². The second-order valence-electron chi connectivity index (χ2n) is 4.86. The van der Waals surface area contributed by atoms with E-state index in [9.17, 15) is 0 Å². The van der Waals surface area contributed by atoms with Crippen molar-refractivity contribution in [3.63, 3.8) is 0 Å². The molecule has 3 heteroatoms. The standard InChI is InChI=1S/C12H21NOS/c1-10(2)8-13-11-3-5-14-12(7-11)4-6-15-9-12/h11,13H,1,3-9H2,2H3. The van der Waals surface area contributed by atoms with Gasteiger partial charge in [0, 0.05) is 24.9 Å². The molecule has 0 radical (unpaired) electrons. The van der Waals surface area contributed by atoms with Crippen molar-refractivity contribution in [2.45, 2.75) is 37.8 Å². The Hall–Kier alpha value is 0.0100. The minimum absolute atomic E-state index is 0.204. The Morgan fingerprint density at radius 3 is 3.20 bits per heavy atom.